The molecule has 3 rings (SSSR count). The lowest BCUT2D eigenvalue weighted by atomic mass is 10.0. The second-order valence-electron chi connectivity index (χ2n) is 4.66. The van der Waals surface area contributed by atoms with Crippen molar-refractivity contribution in [1.82, 2.24) is 19.7 Å². The summed E-state index contributed by atoms with van der Waals surface area (Å²) in [5, 5.41) is 7.41. The van der Waals surface area contributed by atoms with Crippen LogP contribution in [-0.2, 0) is 17.1 Å². The molecule has 7 nitrogen and oxygen atoms in total. The first kappa shape index (κ1) is 14.5. The predicted octanol–water partition coefficient (Wildman–Crippen LogP) is 1.38. The van der Waals surface area contributed by atoms with Gasteiger partial charge in [-0.15, -0.1) is 5.10 Å². The van der Waals surface area contributed by atoms with Crippen LogP contribution in [0.4, 0.5) is 0 Å². The minimum atomic E-state index is -3.74. The SMILES string of the molecule is Cn1nnc(Br)c1S(=O)(=O)NC1CCOc2ccccc21. The first-order valence-electron chi connectivity index (χ1n) is 6.28. The van der Waals surface area contributed by atoms with Crippen molar-refractivity contribution in [2.45, 2.75) is 17.5 Å². The third-order valence-corrected chi connectivity index (χ3v) is 5.61. The lowest BCUT2D eigenvalue weighted by molar-refractivity contribution is 0.263. The third-order valence-electron chi connectivity index (χ3n) is 3.25. The quantitative estimate of drug-likeness (QED) is 0.879. The fourth-order valence-corrected chi connectivity index (χ4v) is 4.66. The topological polar surface area (TPSA) is 86.1 Å². The molecule has 0 saturated heterocycles. The Kier molecular flexibility index (Phi) is 3.72. The summed E-state index contributed by atoms with van der Waals surface area (Å²) < 4.78 is 34.7. The molecule has 112 valence electrons. The Bertz CT molecular complexity index is 755. The number of nitrogens with zero attached hydrogens (tertiary/aromatic N) is 3. The molecule has 9 heteroatoms. The summed E-state index contributed by atoms with van der Waals surface area (Å²) in [6.07, 6.45) is 0.569. The molecule has 0 amide bonds. The Morgan fingerprint density at radius 1 is 1.43 bits per heavy atom. The highest BCUT2D eigenvalue weighted by Crippen LogP contribution is 2.33. The van der Waals surface area contributed by atoms with Gasteiger partial charge in [-0.05, 0) is 22.0 Å². The molecular weight excluding hydrogens is 360 g/mol. The zero-order valence-electron chi connectivity index (χ0n) is 11.2. The van der Waals surface area contributed by atoms with Crippen LogP contribution in [0.1, 0.15) is 18.0 Å². The van der Waals surface area contributed by atoms with E-state index in [1.165, 1.54) is 11.7 Å². The third kappa shape index (κ3) is 2.68. The lowest BCUT2D eigenvalue weighted by Crippen LogP contribution is -2.33. The fraction of sp³-hybridized carbons (Fsp3) is 0.333. The molecule has 0 fully saturated rings. The Balaban J connectivity index is 1.94. The summed E-state index contributed by atoms with van der Waals surface area (Å²) in [5.41, 5.74) is 0.832. The zero-order chi connectivity index (χ0) is 15.0. The van der Waals surface area contributed by atoms with Crippen molar-refractivity contribution in [2.24, 2.45) is 7.05 Å². The Labute approximate surface area is 130 Å². The van der Waals surface area contributed by atoms with Crippen LogP contribution in [0, 0.1) is 0 Å². The van der Waals surface area contributed by atoms with Crippen LogP contribution < -0.4 is 9.46 Å². The van der Waals surface area contributed by atoms with Crippen LogP contribution >= 0.6 is 15.9 Å². The van der Waals surface area contributed by atoms with Crippen LogP contribution in [0.2, 0.25) is 0 Å². The predicted molar refractivity (Wildman–Crippen MR) is 78.3 cm³/mol. The number of hydrogen-bond acceptors (Lipinski definition) is 5. The maximum atomic E-state index is 12.5. The van der Waals surface area contributed by atoms with Gasteiger partial charge in [0.25, 0.3) is 10.0 Å². The highest BCUT2D eigenvalue weighted by molar-refractivity contribution is 9.10. The molecule has 2 heterocycles. The van der Waals surface area contributed by atoms with E-state index in [9.17, 15) is 8.42 Å². The molecule has 1 unspecified atom stereocenters. The number of hydrogen-bond donors (Lipinski definition) is 1. The van der Waals surface area contributed by atoms with E-state index in [1.54, 1.807) is 0 Å². The molecule has 1 N–H and O–H groups in total. The van der Waals surface area contributed by atoms with Crippen molar-refractivity contribution in [1.29, 1.82) is 0 Å². The second-order valence-corrected chi connectivity index (χ2v) is 7.04. The number of para-hydroxylation sites is 1. The summed E-state index contributed by atoms with van der Waals surface area (Å²) in [5.74, 6) is 0.707. The highest BCUT2D eigenvalue weighted by atomic mass is 79.9. The number of rotatable bonds is 3. The van der Waals surface area contributed by atoms with Crippen molar-refractivity contribution >= 4 is 26.0 Å². The first-order chi connectivity index (χ1) is 9.99. The number of fused-ring (bicyclic) bond motifs is 1. The lowest BCUT2D eigenvalue weighted by Gasteiger charge is -2.26. The Morgan fingerprint density at radius 2 is 2.19 bits per heavy atom. The van der Waals surface area contributed by atoms with Gasteiger partial charge < -0.3 is 4.74 Å². The first-order valence-corrected chi connectivity index (χ1v) is 8.56. The van der Waals surface area contributed by atoms with Crippen LogP contribution in [0.15, 0.2) is 33.9 Å². The van der Waals surface area contributed by atoms with E-state index in [1.807, 2.05) is 24.3 Å². The summed E-state index contributed by atoms with van der Waals surface area (Å²) in [4.78, 5) is 0. The number of nitrogens with one attached hydrogen (secondary N) is 1. The summed E-state index contributed by atoms with van der Waals surface area (Å²) in [6.45, 7) is 0.467. The van der Waals surface area contributed by atoms with Crippen molar-refractivity contribution in [3.8, 4) is 5.75 Å². The average Bonchev–Trinajstić information content (AvgIpc) is 2.79. The van der Waals surface area contributed by atoms with E-state index in [2.05, 4.69) is 31.0 Å². The van der Waals surface area contributed by atoms with E-state index in [0.717, 1.165) is 5.56 Å². The number of aromatic nitrogens is 3. The molecule has 1 aliphatic heterocycles. The molecule has 0 aliphatic carbocycles. The second kappa shape index (κ2) is 5.39. The van der Waals surface area contributed by atoms with Gasteiger partial charge in [0.05, 0.1) is 12.6 Å². The van der Waals surface area contributed by atoms with Crippen molar-refractivity contribution in [2.75, 3.05) is 6.61 Å². The van der Waals surface area contributed by atoms with E-state index in [4.69, 9.17) is 4.74 Å². The van der Waals surface area contributed by atoms with Crippen LogP contribution in [-0.4, -0.2) is 30.0 Å². The number of sulfonamides is 1. The number of aryl methyl sites for hydroxylation is 1. The van der Waals surface area contributed by atoms with Crippen molar-refractivity contribution in [3.05, 3.63) is 34.4 Å². The van der Waals surface area contributed by atoms with Gasteiger partial charge in [-0.1, -0.05) is 23.4 Å². The summed E-state index contributed by atoms with van der Waals surface area (Å²) >= 11 is 3.11. The number of ether oxygens (including phenoxy) is 1. The molecule has 1 aromatic heterocycles. The monoisotopic (exact) mass is 372 g/mol. The zero-order valence-corrected chi connectivity index (χ0v) is 13.6. The van der Waals surface area contributed by atoms with Gasteiger partial charge in [0, 0.05) is 19.0 Å². The van der Waals surface area contributed by atoms with Gasteiger partial charge in [-0.3, -0.25) is 0 Å². The maximum absolute atomic E-state index is 12.5. The molecule has 0 spiro atoms. The normalized spacial score (nSPS) is 18.1. The molecule has 0 saturated carbocycles. The van der Waals surface area contributed by atoms with Gasteiger partial charge in [0.1, 0.15) is 5.75 Å². The van der Waals surface area contributed by atoms with Gasteiger partial charge in [-0.2, -0.15) is 0 Å². The summed E-state index contributed by atoms with van der Waals surface area (Å²) in [6, 6.07) is 7.07. The fourth-order valence-electron chi connectivity index (χ4n) is 2.32. The van der Waals surface area contributed by atoms with Gasteiger partial charge in [-0.25, -0.2) is 17.8 Å². The number of benzene rings is 1. The molecule has 2 aromatic rings. The Hall–Kier alpha value is -1.45. The van der Waals surface area contributed by atoms with Crippen molar-refractivity contribution < 1.29 is 13.2 Å². The van der Waals surface area contributed by atoms with Crippen LogP contribution in [0.25, 0.3) is 0 Å². The molecule has 21 heavy (non-hydrogen) atoms. The highest BCUT2D eigenvalue weighted by Gasteiger charge is 2.30. The van der Waals surface area contributed by atoms with Gasteiger partial charge in [0.15, 0.2) is 4.60 Å². The maximum Gasteiger partial charge on any atom is 0.261 e. The standard InChI is InChI=1S/C12H13BrN4O3S/c1-17-12(11(13)14-16-17)21(18,19)15-9-6-7-20-10-5-3-2-4-8(9)10/h2-5,9,15H,6-7H2,1H3. The molecule has 1 aromatic carbocycles. The molecule has 1 atom stereocenters. The molecule has 0 bridgehead atoms. The van der Waals surface area contributed by atoms with Crippen LogP contribution in [0.3, 0.4) is 0 Å². The largest absolute Gasteiger partial charge is 0.493 e. The van der Waals surface area contributed by atoms with E-state index >= 15 is 0 Å². The molecular formula is C12H13BrN4O3S. The minimum Gasteiger partial charge on any atom is -0.493 e. The van der Waals surface area contributed by atoms with E-state index in [-0.39, 0.29) is 15.7 Å². The smallest absolute Gasteiger partial charge is 0.261 e. The van der Waals surface area contributed by atoms with Crippen LogP contribution in [0.5, 0.6) is 5.75 Å². The van der Waals surface area contributed by atoms with Crippen molar-refractivity contribution in [3.63, 3.8) is 0 Å². The van der Waals surface area contributed by atoms with E-state index < -0.39 is 10.0 Å². The Morgan fingerprint density at radius 3 is 2.90 bits per heavy atom. The average molecular weight is 373 g/mol. The molecule has 0 radical (unpaired) electrons. The van der Waals surface area contributed by atoms with Gasteiger partial charge >= 0.3 is 0 Å². The minimum absolute atomic E-state index is 0.00599. The number of halogens is 1. The molecule has 1 aliphatic rings. The summed E-state index contributed by atoms with van der Waals surface area (Å²) in [7, 11) is -2.20. The van der Waals surface area contributed by atoms with E-state index in [0.29, 0.717) is 18.8 Å². The van der Waals surface area contributed by atoms with Gasteiger partial charge in [0.2, 0.25) is 5.03 Å².